The third kappa shape index (κ3) is 5.51. The van der Waals surface area contributed by atoms with Gasteiger partial charge in [-0.25, -0.2) is 26.2 Å². The van der Waals surface area contributed by atoms with Crippen LogP contribution < -0.4 is 0 Å². The Morgan fingerprint density at radius 1 is 1.16 bits per heavy atom. The molecule has 6 nitrogen and oxygen atoms in total. The van der Waals surface area contributed by atoms with Crippen LogP contribution in [0.3, 0.4) is 0 Å². The second-order valence-corrected chi connectivity index (χ2v) is 10.8. The molecule has 1 saturated heterocycles. The van der Waals surface area contributed by atoms with Gasteiger partial charge in [0.1, 0.15) is 0 Å². The Labute approximate surface area is 150 Å². The van der Waals surface area contributed by atoms with E-state index in [1.165, 1.54) is 10.4 Å². The van der Waals surface area contributed by atoms with E-state index in [2.05, 4.69) is 0 Å². The van der Waals surface area contributed by atoms with Gasteiger partial charge in [0.2, 0.25) is 10.0 Å². The zero-order valence-electron chi connectivity index (χ0n) is 14.7. The summed E-state index contributed by atoms with van der Waals surface area (Å²) in [6.07, 6.45) is 2.25. The number of hydrogen-bond donors (Lipinski definition) is 0. The predicted molar refractivity (Wildman–Crippen MR) is 96.1 cm³/mol. The minimum atomic E-state index is -3.29. The number of hydrogen-bond acceptors (Lipinski definition) is 4. The molecule has 1 aliphatic rings. The Bertz CT molecular complexity index is 781. The van der Waals surface area contributed by atoms with Crippen LogP contribution in [0.1, 0.15) is 31.7 Å². The third-order valence-corrected chi connectivity index (χ3v) is 7.83. The molecule has 1 heterocycles. The molecule has 1 atom stereocenters. The Kier molecular flexibility index (Phi) is 6.64. The fraction of sp³-hybridized carbons (Fsp3) is 0.647. The Morgan fingerprint density at radius 3 is 2.36 bits per heavy atom. The van der Waals surface area contributed by atoms with Crippen LogP contribution in [-0.2, 0) is 31.4 Å². The molecule has 8 heteroatoms. The molecule has 0 amide bonds. The van der Waals surface area contributed by atoms with Crippen molar-refractivity contribution in [1.29, 1.82) is 0 Å². The summed E-state index contributed by atoms with van der Waals surface area (Å²) in [5.41, 5.74) is 0.712. The summed E-state index contributed by atoms with van der Waals surface area (Å²) in [6, 6.07) is 6.50. The van der Waals surface area contributed by atoms with Gasteiger partial charge >= 0.3 is 0 Å². The largest absolute Gasteiger partial charge is 0.232 e. The maximum atomic E-state index is 12.6. The number of piperidine rings is 1. The minimum Gasteiger partial charge on any atom is -0.232 e. The first kappa shape index (κ1) is 20.4. The Morgan fingerprint density at radius 2 is 1.80 bits per heavy atom. The van der Waals surface area contributed by atoms with Gasteiger partial charge in [0, 0.05) is 25.8 Å². The van der Waals surface area contributed by atoms with E-state index in [1.807, 2.05) is 6.92 Å². The smallest absolute Gasteiger partial charge is 0.214 e. The second-order valence-electron chi connectivity index (χ2n) is 6.71. The van der Waals surface area contributed by atoms with Gasteiger partial charge in [-0.2, -0.15) is 0 Å². The maximum Gasteiger partial charge on any atom is 0.214 e. The highest BCUT2D eigenvalue weighted by molar-refractivity contribution is 7.90. The average Bonchev–Trinajstić information content (AvgIpc) is 2.54. The van der Waals surface area contributed by atoms with E-state index in [0.29, 0.717) is 37.9 Å². The molecular weight excluding hydrogens is 362 g/mol. The van der Waals surface area contributed by atoms with E-state index < -0.39 is 26.0 Å². The van der Waals surface area contributed by atoms with Crippen LogP contribution in [0.2, 0.25) is 0 Å². The SMILES string of the molecule is CCCS(=O)(=O)N1CCC(C([O])Cc2cccc(S(C)(=O)=O)c2)CC1. The molecule has 0 N–H and O–H groups in total. The van der Waals surface area contributed by atoms with E-state index in [-0.39, 0.29) is 23.0 Å². The first-order chi connectivity index (χ1) is 11.6. The molecule has 0 aliphatic carbocycles. The summed E-state index contributed by atoms with van der Waals surface area (Å²) in [5.74, 6) is 0.0616. The van der Waals surface area contributed by atoms with Gasteiger partial charge in [0.05, 0.1) is 16.8 Å². The molecule has 2 rings (SSSR count). The summed E-state index contributed by atoms with van der Waals surface area (Å²) in [5, 5.41) is 12.6. The molecule has 1 fully saturated rings. The maximum absolute atomic E-state index is 12.6. The highest BCUT2D eigenvalue weighted by Gasteiger charge is 2.31. The first-order valence-corrected chi connectivity index (χ1v) is 12.1. The molecule has 1 aromatic carbocycles. The van der Waals surface area contributed by atoms with Crippen LogP contribution in [0.5, 0.6) is 0 Å². The van der Waals surface area contributed by atoms with Crippen molar-refractivity contribution in [2.45, 2.75) is 43.6 Å². The van der Waals surface area contributed by atoms with Crippen LogP contribution in [0.15, 0.2) is 29.2 Å². The molecule has 25 heavy (non-hydrogen) atoms. The van der Waals surface area contributed by atoms with Crippen molar-refractivity contribution >= 4 is 19.9 Å². The van der Waals surface area contributed by atoms with Gasteiger partial charge in [-0.05, 0) is 42.9 Å². The fourth-order valence-corrected chi connectivity index (χ4v) is 5.45. The number of benzene rings is 1. The van der Waals surface area contributed by atoms with Gasteiger partial charge in [0.25, 0.3) is 0 Å². The van der Waals surface area contributed by atoms with Gasteiger partial charge in [-0.1, -0.05) is 19.1 Å². The van der Waals surface area contributed by atoms with Crippen LogP contribution in [0.25, 0.3) is 0 Å². The van der Waals surface area contributed by atoms with Crippen LogP contribution >= 0.6 is 0 Å². The van der Waals surface area contributed by atoms with Crippen LogP contribution in [0.4, 0.5) is 0 Å². The molecular formula is C17H26NO5S2. The number of sulfone groups is 1. The highest BCUT2D eigenvalue weighted by atomic mass is 32.2. The quantitative estimate of drug-likeness (QED) is 0.713. The summed E-state index contributed by atoms with van der Waals surface area (Å²) >= 11 is 0. The molecule has 0 aromatic heterocycles. The molecule has 1 radical (unpaired) electrons. The van der Waals surface area contributed by atoms with Gasteiger partial charge in [-0.3, -0.25) is 0 Å². The van der Waals surface area contributed by atoms with Crippen molar-refractivity contribution in [1.82, 2.24) is 4.31 Å². The highest BCUT2D eigenvalue weighted by Crippen LogP contribution is 2.25. The van der Waals surface area contributed by atoms with Crippen molar-refractivity contribution in [3.05, 3.63) is 29.8 Å². The minimum absolute atomic E-state index is 0.0880. The molecule has 141 valence electrons. The summed E-state index contributed by atoms with van der Waals surface area (Å²) in [7, 11) is -6.49. The number of nitrogens with zero attached hydrogens (tertiary/aromatic N) is 1. The van der Waals surface area contributed by atoms with Crippen molar-refractivity contribution in [2.75, 3.05) is 25.1 Å². The van der Waals surface area contributed by atoms with Crippen molar-refractivity contribution in [2.24, 2.45) is 5.92 Å². The lowest BCUT2D eigenvalue weighted by atomic mass is 9.88. The first-order valence-electron chi connectivity index (χ1n) is 8.56. The van der Waals surface area contributed by atoms with Crippen LogP contribution in [0, 0.1) is 5.92 Å². The van der Waals surface area contributed by atoms with Gasteiger partial charge in [-0.15, -0.1) is 0 Å². The normalized spacial score (nSPS) is 19.0. The zero-order chi connectivity index (χ0) is 18.7. The molecule has 0 saturated carbocycles. The third-order valence-electron chi connectivity index (χ3n) is 4.64. The van der Waals surface area contributed by atoms with Crippen molar-refractivity contribution < 1.29 is 21.9 Å². The standard InChI is InChI=1S/C17H26NO5S2/c1-3-11-25(22,23)18-9-7-15(8-10-18)17(19)13-14-5-4-6-16(12-14)24(2,20)21/h4-6,12,15,17H,3,7-11,13H2,1-2H3. The summed E-state index contributed by atoms with van der Waals surface area (Å²) in [6.45, 7) is 2.63. The predicted octanol–water partition coefficient (Wildman–Crippen LogP) is 1.88. The number of rotatable bonds is 7. The van der Waals surface area contributed by atoms with E-state index in [0.717, 1.165) is 6.26 Å². The summed E-state index contributed by atoms with van der Waals surface area (Å²) < 4.78 is 48.9. The topological polar surface area (TPSA) is 91.4 Å². The fourth-order valence-electron chi connectivity index (χ4n) is 3.21. The molecule has 0 bridgehead atoms. The van der Waals surface area contributed by atoms with Crippen LogP contribution in [-0.4, -0.2) is 52.3 Å². The van der Waals surface area contributed by atoms with Gasteiger partial charge in [0.15, 0.2) is 9.84 Å². The monoisotopic (exact) mass is 388 g/mol. The van der Waals surface area contributed by atoms with E-state index >= 15 is 0 Å². The van der Waals surface area contributed by atoms with Crippen molar-refractivity contribution in [3.8, 4) is 0 Å². The lowest BCUT2D eigenvalue weighted by Crippen LogP contribution is -2.42. The lowest BCUT2D eigenvalue weighted by molar-refractivity contribution is 0.0173. The molecule has 0 spiro atoms. The Hall–Kier alpha value is -0.960. The molecule has 1 aromatic rings. The van der Waals surface area contributed by atoms with Crippen molar-refractivity contribution in [3.63, 3.8) is 0 Å². The molecule has 1 unspecified atom stereocenters. The lowest BCUT2D eigenvalue weighted by Gasteiger charge is -2.32. The van der Waals surface area contributed by atoms with E-state index in [9.17, 15) is 21.9 Å². The Balaban J connectivity index is 1.96. The molecule has 1 aliphatic heterocycles. The van der Waals surface area contributed by atoms with E-state index in [1.54, 1.807) is 18.2 Å². The number of sulfonamides is 1. The summed E-state index contributed by atoms with van der Waals surface area (Å²) in [4.78, 5) is 0.220. The van der Waals surface area contributed by atoms with Gasteiger partial charge < -0.3 is 0 Å². The van der Waals surface area contributed by atoms with E-state index in [4.69, 9.17) is 0 Å². The zero-order valence-corrected chi connectivity index (χ0v) is 16.4. The average molecular weight is 389 g/mol. The second kappa shape index (κ2) is 8.16.